The maximum Gasteiger partial charge on any atom is 0.242 e. The fraction of sp³-hybridized carbons (Fsp3) is 0. The van der Waals surface area contributed by atoms with E-state index < -0.39 is 7.29 Å². The molecular weight excluding hydrogens is 367 g/mol. The van der Waals surface area contributed by atoms with Gasteiger partial charge in [-0.15, -0.1) is 10.2 Å². The first-order valence-corrected chi connectivity index (χ1v) is 10.7. The topological polar surface area (TPSA) is 59.8 Å². The zero-order valence-electron chi connectivity index (χ0n) is 14.9. The molecular formula is C22H17N4OP. The van der Waals surface area contributed by atoms with Crippen LogP contribution in [0.25, 0.3) is 21.5 Å². The first-order valence-electron chi connectivity index (χ1n) is 8.95. The van der Waals surface area contributed by atoms with Crippen molar-refractivity contribution in [2.24, 2.45) is 0 Å². The van der Waals surface area contributed by atoms with Crippen molar-refractivity contribution in [1.29, 1.82) is 0 Å². The number of benzene rings is 4. The highest BCUT2D eigenvalue weighted by molar-refractivity contribution is 7.80. The van der Waals surface area contributed by atoms with E-state index in [1.54, 1.807) is 4.68 Å². The Kier molecular flexibility index (Phi) is 3.96. The van der Waals surface area contributed by atoms with Crippen molar-refractivity contribution in [2.75, 3.05) is 5.20 Å². The average molecular weight is 384 g/mol. The van der Waals surface area contributed by atoms with E-state index in [0.717, 1.165) is 32.2 Å². The summed E-state index contributed by atoms with van der Waals surface area (Å²) in [6.07, 6.45) is 3.03. The maximum atomic E-state index is 14.7. The van der Waals surface area contributed by atoms with Crippen LogP contribution in [0.4, 0.5) is 0 Å². The second-order valence-electron chi connectivity index (χ2n) is 6.57. The number of hydrogen-bond acceptors (Lipinski definition) is 3. The lowest BCUT2D eigenvalue weighted by molar-refractivity contribution is 0.587. The Morgan fingerprint density at radius 3 is 1.64 bits per heavy atom. The molecule has 1 heterocycles. The minimum absolute atomic E-state index is 0.760. The van der Waals surface area contributed by atoms with Crippen molar-refractivity contribution in [1.82, 2.24) is 14.9 Å². The normalized spacial score (nSPS) is 11.7. The Morgan fingerprint density at radius 1 is 0.643 bits per heavy atom. The number of nitrogens with zero attached hydrogens (tertiary/aromatic N) is 3. The van der Waals surface area contributed by atoms with Crippen LogP contribution < -0.4 is 15.8 Å². The number of nitrogens with one attached hydrogen (secondary N) is 1. The fourth-order valence-corrected chi connectivity index (χ4v) is 6.20. The molecule has 0 atom stereocenters. The molecule has 0 radical (unpaired) electrons. The van der Waals surface area contributed by atoms with Crippen molar-refractivity contribution >= 4 is 39.4 Å². The molecule has 6 heteroatoms. The third-order valence-electron chi connectivity index (χ3n) is 4.89. The number of hydrogen-bond donors (Lipinski definition) is 1. The fourth-order valence-electron chi connectivity index (χ4n) is 3.62. The summed E-state index contributed by atoms with van der Waals surface area (Å²) < 4.78 is 16.3. The summed E-state index contributed by atoms with van der Waals surface area (Å²) in [5.74, 6) is 0. The summed E-state index contributed by atoms with van der Waals surface area (Å²) in [4.78, 5) is 0. The van der Waals surface area contributed by atoms with Gasteiger partial charge in [0.1, 0.15) is 12.7 Å². The van der Waals surface area contributed by atoms with Crippen molar-refractivity contribution in [3.63, 3.8) is 0 Å². The van der Waals surface area contributed by atoms with Gasteiger partial charge in [0.25, 0.3) is 0 Å². The minimum atomic E-state index is -3.27. The van der Waals surface area contributed by atoms with Gasteiger partial charge in [0.2, 0.25) is 7.29 Å². The van der Waals surface area contributed by atoms with Gasteiger partial charge in [-0.2, -0.15) is 0 Å². The van der Waals surface area contributed by atoms with E-state index in [0.29, 0.717) is 0 Å². The van der Waals surface area contributed by atoms with Crippen LogP contribution in [0.3, 0.4) is 0 Å². The van der Waals surface area contributed by atoms with E-state index in [9.17, 15) is 4.57 Å². The van der Waals surface area contributed by atoms with Crippen LogP contribution in [-0.4, -0.2) is 14.9 Å². The highest BCUT2D eigenvalue weighted by Crippen LogP contribution is 2.44. The van der Waals surface area contributed by atoms with Gasteiger partial charge in [-0.25, -0.2) is 4.68 Å². The number of aromatic nitrogens is 3. The average Bonchev–Trinajstić information content (AvgIpc) is 3.25. The molecule has 0 saturated carbocycles. The van der Waals surface area contributed by atoms with E-state index in [-0.39, 0.29) is 0 Å². The third kappa shape index (κ3) is 2.68. The van der Waals surface area contributed by atoms with Crippen LogP contribution in [0, 0.1) is 0 Å². The van der Waals surface area contributed by atoms with Gasteiger partial charge >= 0.3 is 0 Å². The molecule has 0 aliphatic heterocycles. The molecule has 0 amide bonds. The van der Waals surface area contributed by atoms with Crippen LogP contribution in [0.1, 0.15) is 0 Å². The predicted molar refractivity (Wildman–Crippen MR) is 114 cm³/mol. The molecule has 136 valence electrons. The molecule has 4 aromatic carbocycles. The standard InChI is InChI=1S/C22H17N4OP/c27-28(25-26-15-23-24-16-26,21-13-5-9-17-7-1-3-11-19(17)21)22-14-6-10-18-8-2-4-12-20(18)22/h1-16H,(H,25,27). The molecule has 0 bridgehead atoms. The van der Waals surface area contributed by atoms with Gasteiger partial charge in [-0.05, 0) is 33.7 Å². The molecule has 1 N–H and O–H groups in total. The van der Waals surface area contributed by atoms with Gasteiger partial charge < -0.3 is 0 Å². The second-order valence-corrected chi connectivity index (χ2v) is 8.96. The quantitative estimate of drug-likeness (QED) is 0.475. The molecule has 0 saturated heterocycles. The molecule has 0 spiro atoms. The van der Waals surface area contributed by atoms with Crippen LogP contribution in [0.15, 0.2) is 97.6 Å². The molecule has 5 nitrogen and oxygen atoms in total. The van der Waals surface area contributed by atoms with E-state index in [1.165, 1.54) is 12.7 Å². The molecule has 0 aliphatic carbocycles. The monoisotopic (exact) mass is 384 g/mol. The number of rotatable bonds is 4. The largest absolute Gasteiger partial charge is 0.289 e. The lowest BCUT2D eigenvalue weighted by Crippen LogP contribution is -2.27. The van der Waals surface area contributed by atoms with Crippen LogP contribution in [0.2, 0.25) is 0 Å². The van der Waals surface area contributed by atoms with Crippen LogP contribution in [-0.2, 0) is 4.57 Å². The molecule has 0 unspecified atom stereocenters. The van der Waals surface area contributed by atoms with Crippen molar-refractivity contribution in [3.8, 4) is 0 Å². The Labute approximate surface area is 162 Å². The van der Waals surface area contributed by atoms with E-state index in [2.05, 4.69) is 15.4 Å². The summed E-state index contributed by atoms with van der Waals surface area (Å²) in [6, 6.07) is 27.8. The van der Waals surface area contributed by atoms with Gasteiger partial charge in [0.05, 0.1) is 0 Å². The summed E-state index contributed by atoms with van der Waals surface area (Å²) in [5, 5.41) is 16.4. The van der Waals surface area contributed by atoms with Crippen molar-refractivity contribution < 1.29 is 4.57 Å². The number of fused-ring (bicyclic) bond motifs is 2. The lowest BCUT2D eigenvalue weighted by atomic mass is 10.1. The van der Waals surface area contributed by atoms with E-state index >= 15 is 0 Å². The van der Waals surface area contributed by atoms with Gasteiger partial charge in [0, 0.05) is 10.6 Å². The molecule has 5 aromatic rings. The summed E-state index contributed by atoms with van der Waals surface area (Å²) in [6.45, 7) is 0. The minimum Gasteiger partial charge on any atom is -0.289 e. The predicted octanol–water partition coefficient (Wildman–Crippen LogP) is 4.06. The summed E-state index contributed by atoms with van der Waals surface area (Å²) >= 11 is 0. The molecule has 0 fully saturated rings. The smallest absolute Gasteiger partial charge is 0.242 e. The Bertz CT molecular complexity index is 1240. The highest BCUT2D eigenvalue weighted by atomic mass is 31.2. The highest BCUT2D eigenvalue weighted by Gasteiger charge is 2.31. The van der Waals surface area contributed by atoms with E-state index in [1.807, 2.05) is 84.9 Å². The summed E-state index contributed by atoms with van der Waals surface area (Å²) in [7, 11) is -3.27. The summed E-state index contributed by atoms with van der Waals surface area (Å²) in [5.41, 5.74) is 0. The van der Waals surface area contributed by atoms with Crippen LogP contribution >= 0.6 is 7.29 Å². The SMILES string of the molecule is O=P(Nn1cnnc1)(c1cccc2ccccc12)c1cccc2ccccc12. The first kappa shape index (κ1) is 16.7. The Balaban J connectivity index is 1.85. The zero-order valence-corrected chi connectivity index (χ0v) is 15.8. The zero-order chi connectivity index (χ0) is 19.0. The van der Waals surface area contributed by atoms with Crippen molar-refractivity contribution in [3.05, 3.63) is 97.6 Å². The molecule has 5 rings (SSSR count). The first-order chi connectivity index (χ1) is 13.8. The molecule has 1 aromatic heterocycles. The van der Waals surface area contributed by atoms with Gasteiger partial charge in [-0.1, -0.05) is 72.8 Å². The molecule has 28 heavy (non-hydrogen) atoms. The Morgan fingerprint density at radius 2 is 1.11 bits per heavy atom. The Hall–Kier alpha value is -3.43. The van der Waals surface area contributed by atoms with Crippen LogP contribution in [0.5, 0.6) is 0 Å². The lowest BCUT2D eigenvalue weighted by Gasteiger charge is -2.24. The third-order valence-corrected chi connectivity index (χ3v) is 7.54. The maximum absolute atomic E-state index is 14.7. The van der Waals surface area contributed by atoms with Crippen molar-refractivity contribution in [2.45, 2.75) is 0 Å². The van der Waals surface area contributed by atoms with E-state index in [4.69, 9.17) is 0 Å². The van der Waals surface area contributed by atoms with Gasteiger partial charge in [0.15, 0.2) is 0 Å². The van der Waals surface area contributed by atoms with Gasteiger partial charge in [-0.3, -0.25) is 9.76 Å². The molecule has 0 aliphatic rings. The second kappa shape index (κ2) is 6.63.